The molecule has 1 amide bonds. The van der Waals surface area contributed by atoms with Crippen LogP contribution < -0.4 is 10.1 Å². The van der Waals surface area contributed by atoms with Gasteiger partial charge in [-0.3, -0.25) is 4.79 Å². The maximum atomic E-state index is 11.8. The number of carbonyl (C=O) groups excluding carboxylic acids is 1. The van der Waals surface area contributed by atoms with Crippen molar-refractivity contribution in [2.24, 2.45) is 0 Å². The van der Waals surface area contributed by atoms with E-state index in [4.69, 9.17) is 9.26 Å². The molecule has 0 saturated heterocycles. The largest absolute Gasteiger partial charge is 0.497 e. The molecule has 17 heavy (non-hydrogen) atoms. The quantitative estimate of drug-likeness (QED) is 0.881. The van der Waals surface area contributed by atoms with Gasteiger partial charge in [-0.2, -0.15) is 0 Å². The standard InChI is InChI=1S/C12H12N2O3/c1-8-11(7-13-17-8)12(15)14-9-3-5-10(16-2)6-4-9/h3-7H,1-2H3,(H,14,15). The first-order valence-corrected chi connectivity index (χ1v) is 5.07. The highest BCUT2D eigenvalue weighted by Gasteiger charge is 2.12. The van der Waals surface area contributed by atoms with Crippen LogP contribution in [0.4, 0.5) is 5.69 Å². The lowest BCUT2D eigenvalue weighted by molar-refractivity contribution is 0.102. The molecule has 0 aliphatic heterocycles. The van der Waals surface area contributed by atoms with Crippen LogP contribution in [-0.4, -0.2) is 18.2 Å². The Labute approximate surface area is 98.4 Å². The molecule has 0 aliphatic rings. The summed E-state index contributed by atoms with van der Waals surface area (Å²) in [4.78, 5) is 11.8. The van der Waals surface area contributed by atoms with E-state index in [1.807, 2.05) is 0 Å². The number of benzene rings is 1. The molecule has 88 valence electrons. The predicted molar refractivity (Wildman–Crippen MR) is 62.2 cm³/mol. The van der Waals surface area contributed by atoms with Gasteiger partial charge in [0.1, 0.15) is 17.1 Å². The fourth-order valence-electron chi connectivity index (χ4n) is 1.39. The van der Waals surface area contributed by atoms with Crippen molar-refractivity contribution in [3.63, 3.8) is 0 Å². The van der Waals surface area contributed by atoms with Gasteiger partial charge in [-0.15, -0.1) is 0 Å². The summed E-state index contributed by atoms with van der Waals surface area (Å²) >= 11 is 0. The maximum Gasteiger partial charge on any atom is 0.260 e. The third kappa shape index (κ3) is 2.44. The number of anilines is 1. The third-order valence-corrected chi connectivity index (χ3v) is 2.34. The second-order valence-electron chi connectivity index (χ2n) is 3.48. The minimum absolute atomic E-state index is 0.242. The van der Waals surface area contributed by atoms with Crippen LogP contribution in [0, 0.1) is 6.92 Å². The number of carbonyl (C=O) groups is 1. The molecule has 1 heterocycles. The Hall–Kier alpha value is -2.30. The van der Waals surface area contributed by atoms with Crippen LogP contribution in [0.2, 0.25) is 0 Å². The smallest absolute Gasteiger partial charge is 0.260 e. The first-order chi connectivity index (χ1) is 8.20. The molecule has 2 rings (SSSR count). The average Bonchev–Trinajstić information content (AvgIpc) is 2.76. The minimum Gasteiger partial charge on any atom is -0.497 e. The van der Waals surface area contributed by atoms with Crippen molar-refractivity contribution in [1.29, 1.82) is 0 Å². The molecule has 1 N–H and O–H groups in total. The molecule has 0 aliphatic carbocycles. The van der Waals surface area contributed by atoms with Crippen LogP contribution in [0.1, 0.15) is 16.1 Å². The molecule has 0 radical (unpaired) electrons. The molecule has 0 unspecified atom stereocenters. The lowest BCUT2D eigenvalue weighted by Gasteiger charge is -2.04. The molecule has 0 spiro atoms. The summed E-state index contributed by atoms with van der Waals surface area (Å²) in [6.45, 7) is 1.69. The maximum absolute atomic E-state index is 11.8. The summed E-state index contributed by atoms with van der Waals surface area (Å²) in [5, 5.41) is 6.30. The minimum atomic E-state index is -0.242. The summed E-state index contributed by atoms with van der Waals surface area (Å²) in [5.41, 5.74) is 1.12. The number of nitrogens with one attached hydrogen (secondary N) is 1. The summed E-state index contributed by atoms with van der Waals surface area (Å²) in [6.07, 6.45) is 1.40. The van der Waals surface area contributed by atoms with Crippen molar-refractivity contribution in [3.05, 3.63) is 41.8 Å². The first kappa shape index (κ1) is 11.2. The molecule has 0 atom stereocenters. The Morgan fingerprint density at radius 3 is 2.59 bits per heavy atom. The van der Waals surface area contributed by atoms with Gasteiger partial charge < -0.3 is 14.6 Å². The highest BCUT2D eigenvalue weighted by molar-refractivity contribution is 6.04. The van der Waals surface area contributed by atoms with Gasteiger partial charge in [0, 0.05) is 5.69 Å². The van der Waals surface area contributed by atoms with Crippen molar-refractivity contribution >= 4 is 11.6 Å². The normalized spacial score (nSPS) is 10.0. The van der Waals surface area contributed by atoms with Gasteiger partial charge in [0.05, 0.1) is 13.3 Å². The molecule has 0 saturated carbocycles. The van der Waals surface area contributed by atoms with E-state index in [2.05, 4.69) is 10.5 Å². The summed E-state index contributed by atoms with van der Waals surface area (Å²) < 4.78 is 9.86. The number of aromatic nitrogens is 1. The van der Waals surface area contributed by atoms with E-state index in [1.54, 1.807) is 38.3 Å². The van der Waals surface area contributed by atoms with E-state index in [0.29, 0.717) is 17.0 Å². The Bertz CT molecular complexity index is 517. The van der Waals surface area contributed by atoms with E-state index < -0.39 is 0 Å². The molecule has 1 aromatic carbocycles. The second-order valence-corrected chi connectivity index (χ2v) is 3.48. The molecule has 5 heteroatoms. The zero-order valence-electron chi connectivity index (χ0n) is 9.56. The Balaban J connectivity index is 2.10. The molecule has 0 fully saturated rings. The van der Waals surface area contributed by atoms with Crippen molar-refractivity contribution in [2.45, 2.75) is 6.92 Å². The Morgan fingerprint density at radius 1 is 1.35 bits per heavy atom. The van der Waals surface area contributed by atoms with Crippen LogP contribution >= 0.6 is 0 Å². The average molecular weight is 232 g/mol. The lowest BCUT2D eigenvalue weighted by Crippen LogP contribution is -2.11. The molecule has 5 nitrogen and oxygen atoms in total. The summed E-state index contributed by atoms with van der Waals surface area (Å²) in [5.74, 6) is 0.995. The Kier molecular flexibility index (Phi) is 3.09. The van der Waals surface area contributed by atoms with E-state index in [0.717, 1.165) is 5.75 Å². The van der Waals surface area contributed by atoms with Crippen molar-refractivity contribution < 1.29 is 14.1 Å². The monoisotopic (exact) mass is 232 g/mol. The van der Waals surface area contributed by atoms with Gasteiger partial charge in [0.2, 0.25) is 0 Å². The topological polar surface area (TPSA) is 64.4 Å². The molecule has 2 aromatic rings. The van der Waals surface area contributed by atoms with Crippen LogP contribution in [0.25, 0.3) is 0 Å². The molecular formula is C12H12N2O3. The Morgan fingerprint density at radius 2 is 2.06 bits per heavy atom. The fraction of sp³-hybridized carbons (Fsp3) is 0.167. The number of nitrogens with zero attached hydrogens (tertiary/aromatic N) is 1. The van der Waals surface area contributed by atoms with Gasteiger partial charge >= 0.3 is 0 Å². The SMILES string of the molecule is COc1ccc(NC(=O)c2cnoc2C)cc1. The van der Waals surface area contributed by atoms with Gasteiger partial charge in [-0.25, -0.2) is 0 Å². The van der Waals surface area contributed by atoms with Crippen molar-refractivity contribution in [1.82, 2.24) is 5.16 Å². The summed E-state index contributed by atoms with van der Waals surface area (Å²) in [7, 11) is 1.59. The van der Waals surface area contributed by atoms with E-state index in [-0.39, 0.29) is 5.91 Å². The lowest BCUT2D eigenvalue weighted by atomic mass is 10.2. The number of amides is 1. The van der Waals surface area contributed by atoms with Gasteiger partial charge in [0.15, 0.2) is 0 Å². The van der Waals surface area contributed by atoms with Crippen LogP contribution in [-0.2, 0) is 0 Å². The second kappa shape index (κ2) is 4.69. The number of hydrogen-bond acceptors (Lipinski definition) is 4. The highest BCUT2D eigenvalue weighted by atomic mass is 16.5. The number of rotatable bonds is 3. The first-order valence-electron chi connectivity index (χ1n) is 5.07. The molecule has 0 bridgehead atoms. The van der Waals surface area contributed by atoms with Crippen LogP contribution in [0.15, 0.2) is 35.0 Å². The van der Waals surface area contributed by atoms with E-state index in [9.17, 15) is 4.79 Å². The van der Waals surface area contributed by atoms with E-state index >= 15 is 0 Å². The fourth-order valence-corrected chi connectivity index (χ4v) is 1.39. The molecular weight excluding hydrogens is 220 g/mol. The van der Waals surface area contributed by atoms with Crippen molar-refractivity contribution in [2.75, 3.05) is 12.4 Å². The number of aryl methyl sites for hydroxylation is 1. The van der Waals surface area contributed by atoms with Gasteiger partial charge in [0.25, 0.3) is 5.91 Å². The number of ether oxygens (including phenoxy) is 1. The zero-order valence-corrected chi connectivity index (χ0v) is 9.56. The highest BCUT2D eigenvalue weighted by Crippen LogP contribution is 2.16. The number of methoxy groups -OCH3 is 1. The van der Waals surface area contributed by atoms with Gasteiger partial charge in [-0.05, 0) is 31.2 Å². The molecule has 1 aromatic heterocycles. The third-order valence-electron chi connectivity index (χ3n) is 2.34. The van der Waals surface area contributed by atoms with E-state index in [1.165, 1.54) is 6.20 Å². The predicted octanol–water partition coefficient (Wildman–Crippen LogP) is 2.24. The summed E-state index contributed by atoms with van der Waals surface area (Å²) in [6, 6.07) is 7.07. The zero-order chi connectivity index (χ0) is 12.3. The number of hydrogen-bond donors (Lipinski definition) is 1. The van der Waals surface area contributed by atoms with Crippen molar-refractivity contribution in [3.8, 4) is 5.75 Å². The van der Waals surface area contributed by atoms with Gasteiger partial charge in [-0.1, -0.05) is 5.16 Å². The van der Waals surface area contributed by atoms with Crippen LogP contribution in [0.5, 0.6) is 5.75 Å². The van der Waals surface area contributed by atoms with Crippen LogP contribution in [0.3, 0.4) is 0 Å².